The van der Waals surface area contributed by atoms with Crippen molar-refractivity contribution in [1.29, 1.82) is 0 Å². The zero-order valence-corrected chi connectivity index (χ0v) is 17.6. The summed E-state index contributed by atoms with van der Waals surface area (Å²) in [5.74, 6) is 1.49. The third kappa shape index (κ3) is 3.22. The first-order valence-corrected chi connectivity index (χ1v) is 9.68. The molecule has 150 valence electrons. The van der Waals surface area contributed by atoms with Crippen molar-refractivity contribution in [3.63, 3.8) is 0 Å². The summed E-state index contributed by atoms with van der Waals surface area (Å²) in [7, 11) is 6.07. The van der Waals surface area contributed by atoms with E-state index in [2.05, 4.69) is 15.9 Å². The predicted octanol–water partition coefficient (Wildman–Crippen LogP) is 3.53. The topological polar surface area (TPSA) is 77.5 Å². The van der Waals surface area contributed by atoms with Crippen LogP contribution >= 0.6 is 15.9 Å². The van der Waals surface area contributed by atoms with Gasteiger partial charge in [0, 0.05) is 17.5 Å². The van der Waals surface area contributed by atoms with E-state index >= 15 is 0 Å². The van der Waals surface area contributed by atoms with Crippen molar-refractivity contribution in [1.82, 2.24) is 0 Å². The first-order valence-electron chi connectivity index (χ1n) is 8.56. The Morgan fingerprint density at radius 3 is 2.04 bits per heavy atom. The first kappa shape index (κ1) is 20.1. The van der Waals surface area contributed by atoms with E-state index in [9.17, 15) is 9.90 Å². The summed E-state index contributed by atoms with van der Waals surface area (Å²) in [6.45, 7) is 0. The molecule has 8 heteroatoms. The zero-order valence-electron chi connectivity index (χ0n) is 16.1. The Labute approximate surface area is 171 Å². The van der Waals surface area contributed by atoms with E-state index in [1.807, 2.05) is 6.07 Å². The smallest absolute Gasteiger partial charge is 0.233 e. The van der Waals surface area contributed by atoms with Gasteiger partial charge in [0.25, 0.3) is 0 Å². The van der Waals surface area contributed by atoms with Crippen molar-refractivity contribution < 1.29 is 28.8 Å². The maximum Gasteiger partial charge on any atom is 0.233 e. The van der Waals surface area contributed by atoms with Crippen LogP contribution in [0.25, 0.3) is 0 Å². The highest BCUT2D eigenvalue weighted by atomic mass is 79.9. The van der Waals surface area contributed by atoms with E-state index in [0.717, 1.165) is 5.56 Å². The van der Waals surface area contributed by atoms with E-state index < -0.39 is 0 Å². The normalized spacial score (nSPS) is 18.5. The minimum Gasteiger partial charge on any atom is -0.504 e. The highest BCUT2D eigenvalue weighted by molar-refractivity contribution is 9.09. The van der Waals surface area contributed by atoms with Crippen LogP contribution in [0.3, 0.4) is 0 Å². The quantitative estimate of drug-likeness (QED) is 0.512. The fraction of sp³-hybridized carbons (Fsp3) is 0.350. The van der Waals surface area contributed by atoms with Gasteiger partial charge in [0.2, 0.25) is 11.7 Å². The van der Waals surface area contributed by atoms with Crippen molar-refractivity contribution in [2.75, 3.05) is 38.7 Å². The molecule has 2 aromatic rings. The molecule has 0 saturated carbocycles. The van der Waals surface area contributed by atoms with Crippen LogP contribution in [0.2, 0.25) is 0 Å². The van der Waals surface area contributed by atoms with Crippen molar-refractivity contribution in [2.45, 2.75) is 6.04 Å². The maximum absolute atomic E-state index is 12.8. The summed E-state index contributed by atoms with van der Waals surface area (Å²) in [6, 6.07) is 8.37. The number of aromatic hydroxyl groups is 1. The number of anilines is 1. The number of alkyl halides is 1. The number of phenols is 1. The standard InChI is InChI=1S/C20H22BrNO6/c1-25-15-6-5-11(7-14(15)23)18-13(10-21)20(24)22(18)12-8-16(26-2)19(28-4)17(9-12)27-3/h5-9,13,18,23H,10H2,1-4H3/t13-,18+/m1/s1. The number of carbonyl (C=O) groups is 1. The van der Waals surface area contributed by atoms with E-state index in [0.29, 0.717) is 34.0 Å². The fourth-order valence-corrected chi connectivity index (χ4v) is 4.10. The SMILES string of the molecule is COc1ccc([C@H]2[C@@H](CBr)C(=O)N2c2cc(OC)c(OC)c(OC)c2)cc1O. The highest BCUT2D eigenvalue weighted by Gasteiger charge is 2.48. The average Bonchev–Trinajstić information content (AvgIpc) is 2.71. The Hall–Kier alpha value is -2.61. The second kappa shape index (κ2) is 8.18. The summed E-state index contributed by atoms with van der Waals surface area (Å²) in [4.78, 5) is 14.5. The van der Waals surface area contributed by atoms with Gasteiger partial charge < -0.3 is 29.0 Å². The molecule has 0 radical (unpaired) electrons. The van der Waals surface area contributed by atoms with E-state index in [-0.39, 0.29) is 23.6 Å². The van der Waals surface area contributed by atoms with Crippen LogP contribution in [0, 0.1) is 5.92 Å². The lowest BCUT2D eigenvalue weighted by molar-refractivity contribution is -0.129. The number of carbonyl (C=O) groups excluding carboxylic acids is 1. The molecule has 0 spiro atoms. The summed E-state index contributed by atoms with van der Waals surface area (Å²) >= 11 is 3.43. The number of hydrogen-bond donors (Lipinski definition) is 1. The summed E-state index contributed by atoms with van der Waals surface area (Å²) < 4.78 is 21.3. The molecule has 0 unspecified atom stereocenters. The van der Waals surface area contributed by atoms with Gasteiger partial charge in [-0.25, -0.2) is 0 Å². The Kier molecular flexibility index (Phi) is 5.88. The van der Waals surface area contributed by atoms with Crippen LogP contribution in [0.4, 0.5) is 5.69 Å². The molecule has 28 heavy (non-hydrogen) atoms. The van der Waals surface area contributed by atoms with Gasteiger partial charge in [-0.3, -0.25) is 4.79 Å². The van der Waals surface area contributed by atoms with Crippen LogP contribution in [-0.2, 0) is 4.79 Å². The first-order chi connectivity index (χ1) is 13.5. The Morgan fingerprint density at radius 2 is 1.57 bits per heavy atom. The number of phenolic OH excluding ortho intramolecular Hbond substituents is 1. The van der Waals surface area contributed by atoms with Crippen molar-refractivity contribution in [3.8, 4) is 28.7 Å². The fourth-order valence-electron chi connectivity index (χ4n) is 3.47. The number of hydrogen-bond acceptors (Lipinski definition) is 6. The number of methoxy groups -OCH3 is 4. The molecule has 1 amide bonds. The Balaban J connectivity index is 2.07. The molecule has 2 aromatic carbocycles. The summed E-state index contributed by atoms with van der Waals surface area (Å²) in [6.07, 6.45) is 0. The van der Waals surface area contributed by atoms with Gasteiger partial charge in [0.15, 0.2) is 23.0 Å². The number of ether oxygens (including phenoxy) is 4. The van der Waals surface area contributed by atoms with Crippen LogP contribution < -0.4 is 23.8 Å². The number of nitrogens with zero attached hydrogens (tertiary/aromatic N) is 1. The van der Waals surface area contributed by atoms with Gasteiger partial charge in [-0.1, -0.05) is 22.0 Å². The molecule has 2 atom stereocenters. The van der Waals surface area contributed by atoms with E-state index in [1.54, 1.807) is 29.2 Å². The molecule has 3 rings (SSSR count). The molecule has 1 aliphatic heterocycles. The molecule has 0 bridgehead atoms. The van der Waals surface area contributed by atoms with Crippen molar-refractivity contribution in [2.24, 2.45) is 5.92 Å². The molecule has 0 aromatic heterocycles. The van der Waals surface area contributed by atoms with Gasteiger partial charge in [0.1, 0.15) is 0 Å². The van der Waals surface area contributed by atoms with Gasteiger partial charge in [0.05, 0.1) is 46.1 Å². The molecule has 1 aliphatic rings. The number of benzene rings is 2. The lowest BCUT2D eigenvalue weighted by atomic mass is 9.83. The van der Waals surface area contributed by atoms with E-state index in [1.165, 1.54) is 28.4 Å². The van der Waals surface area contributed by atoms with Crippen molar-refractivity contribution >= 4 is 27.5 Å². The van der Waals surface area contributed by atoms with Crippen LogP contribution in [0.15, 0.2) is 30.3 Å². The highest BCUT2D eigenvalue weighted by Crippen LogP contribution is 2.49. The Bertz CT molecular complexity index is 862. The minimum atomic E-state index is -0.258. The molecular weight excluding hydrogens is 430 g/mol. The largest absolute Gasteiger partial charge is 0.504 e. The van der Waals surface area contributed by atoms with Crippen LogP contribution in [0.5, 0.6) is 28.7 Å². The van der Waals surface area contributed by atoms with Gasteiger partial charge >= 0.3 is 0 Å². The van der Waals surface area contributed by atoms with Crippen LogP contribution in [-0.4, -0.2) is 44.8 Å². The lowest BCUT2D eigenvalue weighted by Crippen LogP contribution is -2.56. The summed E-state index contributed by atoms with van der Waals surface area (Å²) in [5, 5.41) is 10.7. The van der Waals surface area contributed by atoms with Gasteiger partial charge in [-0.15, -0.1) is 0 Å². The molecule has 1 saturated heterocycles. The predicted molar refractivity (Wildman–Crippen MR) is 108 cm³/mol. The number of halogens is 1. The lowest BCUT2D eigenvalue weighted by Gasteiger charge is -2.47. The molecular formula is C20H22BrNO6. The van der Waals surface area contributed by atoms with E-state index in [4.69, 9.17) is 18.9 Å². The molecule has 1 N–H and O–H groups in total. The maximum atomic E-state index is 12.8. The second-order valence-electron chi connectivity index (χ2n) is 6.23. The van der Waals surface area contributed by atoms with Gasteiger partial charge in [-0.2, -0.15) is 0 Å². The number of β-lactam (4-membered cyclic amide) rings is 1. The number of amides is 1. The molecule has 7 nitrogen and oxygen atoms in total. The third-order valence-corrected chi connectivity index (χ3v) is 5.55. The van der Waals surface area contributed by atoms with Crippen LogP contribution in [0.1, 0.15) is 11.6 Å². The number of rotatable bonds is 7. The molecule has 1 fully saturated rings. The Morgan fingerprint density at radius 1 is 0.964 bits per heavy atom. The molecule has 1 heterocycles. The summed E-state index contributed by atoms with van der Waals surface area (Å²) in [5.41, 5.74) is 1.42. The second-order valence-corrected chi connectivity index (χ2v) is 6.88. The minimum absolute atomic E-state index is 0.0255. The third-order valence-electron chi connectivity index (χ3n) is 4.85. The van der Waals surface area contributed by atoms with Crippen molar-refractivity contribution in [3.05, 3.63) is 35.9 Å². The van der Waals surface area contributed by atoms with Gasteiger partial charge in [-0.05, 0) is 17.7 Å². The molecule has 0 aliphatic carbocycles. The monoisotopic (exact) mass is 451 g/mol. The average molecular weight is 452 g/mol. The zero-order chi connectivity index (χ0) is 20.4.